The van der Waals surface area contributed by atoms with Crippen LogP contribution in [0.1, 0.15) is 0 Å². The largest absolute Gasteiger partial charge is 0.260 e. The van der Waals surface area contributed by atoms with Gasteiger partial charge in [0.2, 0.25) is 0 Å². The first-order chi connectivity index (χ1) is 5.43. The number of aromatic nitrogens is 2. The van der Waals surface area contributed by atoms with Crippen LogP contribution in [0.15, 0.2) is 23.6 Å². The van der Waals surface area contributed by atoms with Crippen molar-refractivity contribution in [1.29, 1.82) is 5.26 Å². The monoisotopic (exact) mass is 183 g/mol. The number of hydrogen-bond donors (Lipinski definition) is 0. The molecule has 0 aliphatic rings. The van der Waals surface area contributed by atoms with Gasteiger partial charge in [0.15, 0.2) is 0 Å². The Bertz CT molecular complexity index is 244. The summed E-state index contributed by atoms with van der Waals surface area (Å²) in [5.74, 6) is 0. The van der Waals surface area contributed by atoms with Crippen LogP contribution < -0.4 is 0 Å². The van der Waals surface area contributed by atoms with Crippen molar-refractivity contribution in [3.8, 4) is 5.40 Å². The minimum atomic E-state index is 0.704. The minimum absolute atomic E-state index is 0.704. The van der Waals surface area contributed by atoms with E-state index in [1.165, 1.54) is 23.5 Å². The Hall–Kier alpha value is -0.730. The molecule has 0 N–H and O–H groups in total. The lowest BCUT2D eigenvalue weighted by Crippen LogP contribution is -1.79. The molecule has 0 aliphatic carbocycles. The van der Waals surface area contributed by atoms with E-state index in [9.17, 15) is 0 Å². The predicted molar refractivity (Wildman–Crippen MR) is 46.0 cm³/mol. The Morgan fingerprint density at radius 3 is 3.09 bits per heavy atom. The molecule has 0 radical (unpaired) electrons. The summed E-state index contributed by atoms with van der Waals surface area (Å²) in [6.07, 6.45) is 4.95. The molecule has 56 valence electrons. The van der Waals surface area contributed by atoms with Gasteiger partial charge < -0.3 is 0 Å². The third-order valence-corrected chi connectivity index (χ3v) is 2.45. The van der Waals surface area contributed by atoms with Crippen molar-refractivity contribution >= 4 is 23.5 Å². The highest BCUT2D eigenvalue weighted by Gasteiger charge is 1.92. The van der Waals surface area contributed by atoms with Crippen LogP contribution in [-0.2, 0) is 0 Å². The molecule has 0 fully saturated rings. The Labute approximate surface area is 73.2 Å². The lowest BCUT2D eigenvalue weighted by Gasteiger charge is -1.93. The van der Waals surface area contributed by atoms with Gasteiger partial charge in [-0.05, 0) is 11.8 Å². The molecule has 1 rings (SSSR count). The third kappa shape index (κ3) is 3.25. The third-order valence-electron chi connectivity index (χ3n) is 0.870. The molecule has 1 heterocycles. The van der Waals surface area contributed by atoms with Gasteiger partial charge in [-0.25, -0.2) is 4.98 Å². The molecule has 0 aliphatic heterocycles. The molecule has 3 nitrogen and oxygen atoms in total. The normalized spacial score (nSPS) is 9.00. The van der Waals surface area contributed by atoms with Crippen LogP contribution in [-0.4, -0.2) is 15.1 Å². The molecule has 0 aromatic carbocycles. The van der Waals surface area contributed by atoms with Crippen LogP contribution in [0.25, 0.3) is 0 Å². The average Bonchev–Trinajstić information content (AvgIpc) is 2.07. The van der Waals surface area contributed by atoms with E-state index in [4.69, 9.17) is 5.26 Å². The lowest BCUT2D eigenvalue weighted by atomic mass is 10.8. The number of nitrogens with zero attached hydrogens (tertiary/aromatic N) is 3. The first kappa shape index (κ1) is 8.37. The van der Waals surface area contributed by atoms with Crippen molar-refractivity contribution in [2.24, 2.45) is 0 Å². The summed E-state index contributed by atoms with van der Waals surface area (Å²) >= 11 is 2.72. The highest BCUT2D eigenvalue weighted by Crippen LogP contribution is 2.17. The van der Waals surface area contributed by atoms with Crippen molar-refractivity contribution in [1.82, 2.24) is 9.97 Å². The highest BCUT2D eigenvalue weighted by molar-refractivity contribution is 8.18. The molecule has 0 bridgehead atoms. The van der Waals surface area contributed by atoms with E-state index in [1.54, 1.807) is 18.6 Å². The van der Waals surface area contributed by atoms with Gasteiger partial charge in [-0.1, -0.05) is 11.8 Å². The molecule has 0 saturated carbocycles. The van der Waals surface area contributed by atoms with Crippen LogP contribution in [0, 0.1) is 10.7 Å². The summed E-state index contributed by atoms with van der Waals surface area (Å²) in [5.41, 5.74) is 0. The second kappa shape index (κ2) is 4.99. The molecular formula is C6H5N3S2. The van der Waals surface area contributed by atoms with Gasteiger partial charge in [-0.2, -0.15) is 5.26 Å². The van der Waals surface area contributed by atoms with Crippen molar-refractivity contribution in [2.75, 3.05) is 5.08 Å². The smallest absolute Gasteiger partial charge is 0.134 e. The maximum atomic E-state index is 8.21. The van der Waals surface area contributed by atoms with E-state index in [0.29, 0.717) is 5.08 Å². The quantitative estimate of drug-likeness (QED) is 0.309. The van der Waals surface area contributed by atoms with E-state index in [2.05, 4.69) is 9.97 Å². The zero-order chi connectivity index (χ0) is 7.94. The van der Waals surface area contributed by atoms with E-state index in [1.807, 2.05) is 5.40 Å². The van der Waals surface area contributed by atoms with Gasteiger partial charge in [0.25, 0.3) is 0 Å². The van der Waals surface area contributed by atoms with Gasteiger partial charge in [-0.15, -0.1) is 0 Å². The van der Waals surface area contributed by atoms with Crippen LogP contribution in [0.4, 0.5) is 0 Å². The van der Waals surface area contributed by atoms with E-state index in [-0.39, 0.29) is 0 Å². The van der Waals surface area contributed by atoms with Gasteiger partial charge in [-0.3, -0.25) is 4.98 Å². The molecule has 1 aromatic heterocycles. The fraction of sp³-hybridized carbons (Fsp3) is 0.167. The summed E-state index contributed by atoms with van der Waals surface area (Å²) in [6.45, 7) is 0. The van der Waals surface area contributed by atoms with Crippen LogP contribution >= 0.6 is 23.5 Å². The molecule has 0 saturated heterocycles. The van der Waals surface area contributed by atoms with Crippen molar-refractivity contribution in [3.05, 3.63) is 18.6 Å². The maximum absolute atomic E-state index is 8.21. The zero-order valence-corrected chi connectivity index (χ0v) is 7.23. The van der Waals surface area contributed by atoms with Crippen LogP contribution in [0.2, 0.25) is 0 Å². The molecule has 0 spiro atoms. The first-order valence-corrected chi connectivity index (χ1v) is 4.80. The van der Waals surface area contributed by atoms with Crippen molar-refractivity contribution < 1.29 is 0 Å². The van der Waals surface area contributed by atoms with Gasteiger partial charge in [0.05, 0.1) is 11.3 Å². The SMILES string of the molecule is N#CSCSc1cnccn1. The summed E-state index contributed by atoms with van der Waals surface area (Å²) in [7, 11) is 0. The highest BCUT2D eigenvalue weighted by atomic mass is 32.2. The second-order valence-corrected chi connectivity index (χ2v) is 3.66. The summed E-state index contributed by atoms with van der Waals surface area (Å²) in [5, 5.41) is 11.8. The van der Waals surface area contributed by atoms with Gasteiger partial charge in [0, 0.05) is 12.4 Å². The molecule has 0 atom stereocenters. The van der Waals surface area contributed by atoms with E-state index >= 15 is 0 Å². The topological polar surface area (TPSA) is 49.6 Å². The van der Waals surface area contributed by atoms with Crippen LogP contribution in [0.5, 0.6) is 0 Å². The maximum Gasteiger partial charge on any atom is 0.134 e. The number of hydrogen-bond acceptors (Lipinski definition) is 5. The lowest BCUT2D eigenvalue weighted by molar-refractivity contribution is 1.06. The Morgan fingerprint density at radius 2 is 2.45 bits per heavy atom. The number of thiocyanates is 1. The summed E-state index contributed by atoms with van der Waals surface area (Å²) in [6, 6.07) is 0. The minimum Gasteiger partial charge on any atom is -0.260 e. The van der Waals surface area contributed by atoms with Gasteiger partial charge in [0.1, 0.15) is 10.4 Å². The van der Waals surface area contributed by atoms with Crippen molar-refractivity contribution in [2.45, 2.75) is 5.03 Å². The molecule has 0 amide bonds. The van der Waals surface area contributed by atoms with Gasteiger partial charge >= 0.3 is 0 Å². The van der Waals surface area contributed by atoms with E-state index < -0.39 is 0 Å². The molecule has 1 aromatic rings. The summed E-state index contributed by atoms with van der Waals surface area (Å²) in [4.78, 5) is 7.92. The standard InChI is InChI=1S/C6H5N3S2/c7-4-10-5-11-6-3-8-1-2-9-6/h1-3H,5H2. The van der Waals surface area contributed by atoms with E-state index in [0.717, 1.165) is 5.03 Å². The fourth-order valence-corrected chi connectivity index (χ4v) is 1.68. The second-order valence-electron chi connectivity index (χ2n) is 1.54. The molecule has 5 heteroatoms. The number of thioether (sulfide) groups is 2. The average molecular weight is 183 g/mol. The summed E-state index contributed by atoms with van der Waals surface area (Å²) < 4.78 is 0. The fourth-order valence-electron chi connectivity index (χ4n) is 0.476. The first-order valence-electron chi connectivity index (χ1n) is 2.83. The Kier molecular flexibility index (Phi) is 3.80. The number of nitriles is 1. The molecule has 11 heavy (non-hydrogen) atoms. The zero-order valence-electron chi connectivity index (χ0n) is 5.60. The number of rotatable bonds is 3. The Balaban J connectivity index is 2.35. The van der Waals surface area contributed by atoms with Crippen LogP contribution in [0.3, 0.4) is 0 Å². The Morgan fingerprint density at radius 1 is 1.55 bits per heavy atom. The predicted octanol–water partition coefficient (Wildman–Crippen LogP) is 1.74. The van der Waals surface area contributed by atoms with Crippen molar-refractivity contribution in [3.63, 3.8) is 0 Å². The molecular weight excluding hydrogens is 178 g/mol. The molecule has 0 unspecified atom stereocenters.